The van der Waals surface area contributed by atoms with E-state index >= 15 is 0 Å². The van der Waals surface area contributed by atoms with E-state index in [9.17, 15) is 0 Å². The van der Waals surface area contributed by atoms with Gasteiger partial charge in [-0.25, -0.2) is 0 Å². The molecule has 1 aromatic rings. The highest BCUT2D eigenvalue weighted by Crippen LogP contribution is 2.08. The lowest BCUT2D eigenvalue weighted by molar-refractivity contribution is 0.277. The molecule has 0 aliphatic rings. The van der Waals surface area contributed by atoms with Crippen LogP contribution in [0.4, 0.5) is 0 Å². The summed E-state index contributed by atoms with van der Waals surface area (Å²) >= 11 is 0. The first-order valence-electron chi connectivity index (χ1n) is 4.77. The van der Waals surface area contributed by atoms with Gasteiger partial charge in [0.05, 0.1) is 0 Å². The molecule has 0 saturated heterocycles. The summed E-state index contributed by atoms with van der Waals surface area (Å²) in [7, 11) is 3.25. The molecule has 1 nitrogen and oxygen atoms in total. The third-order valence-corrected chi connectivity index (χ3v) is 1.88. The summed E-state index contributed by atoms with van der Waals surface area (Å²) in [4.78, 5) is 0. The first-order valence-corrected chi connectivity index (χ1v) is 4.77. The average molecular weight is 180 g/mol. The van der Waals surface area contributed by atoms with Crippen molar-refractivity contribution in [1.82, 2.24) is 0 Å². The molecule has 0 amide bonds. The van der Waals surface area contributed by atoms with Crippen LogP contribution in [0.5, 0.6) is 0 Å². The van der Waals surface area contributed by atoms with Gasteiger partial charge in [-0.2, -0.15) is 0 Å². The second-order valence-corrected chi connectivity index (χ2v) is 2.88. The summed E-state index contributed by atoms with van der Waals surface area (Å²) in [5, 5.41) is 0. The summed E-state index contributed by atoms with van der Waals surface area (Å²) in [6.45, 7) is 4.41. The number of ether oxygens (including phenoxy) is 1. The maximum Gasteiger partial charge on any atom is 0.0351 e. The molecule has 1 heteroatoms. The standard InChI is InChI=1S/C10H14.C2H6O/c1-3-9-7-5-6-8-10(9)4-2;1-3-2/h5-8H,3-4H2,1-2H3;1-2H3. The van der Waals surface area contributed by atoms with Gasteiger partial charge in [0.1, 0.15) is 0 Å². The molecule has 0 bridgehead atoms. The molecule has 0 aromatic heterocycles. The highest BCUT2D eigenvalue weighted by atomic mass is 16.4. The van der Waals surface area contributed by atoms with Gasteiger partial charge in [-0.05, 0) is 24.0 Å². The molecule has 13 heavy (non-hydrogen) atoms. The quantitative estimate of drug-likeness (QED) is 0.679. The molecule has 0 atom stereocenters. The zero-order valence-electron chi connectivity index (χ0n) is 9.13. The highest BCUT2D eigenvalue weighted by molar-refractivity contribution is 5.26. The van der Waals surface area contributed by atoms with Gasteiger partial charge in [0.15, 0.2) is 0 Å². The fourth-order valence-electron chi connectivity index (χ4n) is 1.25. The summed E-state index contributed by atoms with van der Waals surface area (Å²) in [6, 6.07) is 8.63. The Morgan fingerprint density at radius 1 is 0.923 bits per heavy atom. The highest BCUT2D eigenvalue weighted by Gasteiger charge is 1.93. The normalized spacial score (nSPS) is 8.92. The molecular weight excluding hydrogens is 160 g/mol. The minimum Gasteiger partial charge on any atom is -0.388 e. The van der Waals surface area contributed by atoms with Gasteiger partial charge in [-0.15, -0.1) is 0 Å². The van der Waals surface area contributed by atoms with Crippen molar-refractivity contribution in [2.45, 2.75) is 26.7 Å². The Labute approximate surface area is 81.7 Å². The van der Waals surface area contributed by atoms with Crippen LogP contribution in [0.25, 0.3) is 0 Å². The second-order valence-electron chi connectivity index (χ2n) is 2.88. The van der Waals surface area contributed by atoms with Crippen LogP contribution in [0.15, 0.2) is 24.3 Å². The molecule has 0 spiro atoms. The molecule has 1 aromatic carbocycles. The van der Waals surface area contributed by atoms with Gasteiger partial charge in [0.25, 0.3) is 0 Å². The minimum atomic E-state index is 1.16. The van der Waals surface area contributed by atoms with E-state index in [1.165, 1.54) is 11.1 Å². The van der Waals surface area contributed by atoms with E-state index in [4.69, 9.17) is 0 Å². The van der Waals surface area contributed by atoms with Crippen molar-refractivity contribution in [2.24, 2.45) is 0 Å². The van der Waals surface area contributed by atoms with Gasteiger partial charge < -0.3 is 4.74 Å². The lowest BCUT2D eigenvalue weighted by atomic mass is 10.0. The molecule has 74 valence electrons. The zero-order chi connectivity index (χ0) is 10.1. The topological polar surface area (TPSA) is 9.23 Å². The van der Waals surface area contributed by atoms with E-state index in [0.29, 0.717) is 0 Å². The van der Waals surface area contributed by atoms with Gasteiger partial charge >= 0.3 is 0 Å². The number of benzene rings is 1. The molecule has 0 heterocycles. The van der Waals surface area contributed by atoms with Crippen LogP contribution in [-0.4, -0.2) is 14.2 Å². The first kappa shape index (κ1) is 12.2. The molecule has 0 aliphatic carbocycles. The molecule has 0 fully saturated rings. The van der Waals surface area contributed by atoms with Gasteiger partial charge in [0, 0.05) is 14.2 Å². The van der Waals surface area contributed by atoms with E-state index in [0.717, 1.165) is 12.8 Å². The van der Waals surface area contributed by atoms with Crippen LogP contribution >= 0.6 is 0 Å². The van der Waals surface area contributed by atoms with E-state index in [1.807, 2.05) is 0 Å². The number of rotatable bonds is 2. The molecule has 0 aliphatic heterocycles. The van der Waals surface area contributed by atoms with Crippen LogP contribution in [0, 0.1) is 0 Å². The third-order valence-electron chi connectivity index (χ3n) is 1.88. The summed E-state index contributed by atoms with van der Waals surface area (Å²) in [5.74, 6) is 0. The van der Waals surface area contributed by atoms with Gasteiger partial charge in [-0.3, -0.25) is 0 Å². The zero-order valence-corrected chi connectivity index (χ0v) is 9.13. The van der Waals surface area contributed by atoms with Crippen LogP contribution < -0.4 is 0 Å². The smallest absolute Gasteiger partial charge is 0.0351 e. The SMILES string of the molecule is CCc1ccccc1CC.COC. The lowest BCUT2D eigenvalue weighted by Crippen LogP contribution is -1.88. The lowest BCUT2D eigenvalue weighted by Gasteiger charge is -2.02. The number of methoxy groups -OCH3 is 1. The van der Waals surface area contributed by atoms with Crippen molar-refractivity contribution in [1.29, 1.82) is 0 Å². The largest absolute Gasteiger partial charge is 0.388 e. The second kappa shape index (κ2) is 7.81. The van der Waals surface area contributed by atoms with Gasteiger partial charge in [0.2, 0.25) is 0 Å². The third kappa shape index (κ3) is 4.69. The average Bonchev–Trinajstić information content (AvgIpc) is 2.19. The molecule has 0 radical (unpaired) electrons. The molecule has 0 unspecified atom stereocenters. The fraction of sp³-hybridized carbons (Fsp3) is 0.500. The monoisotopic (exact) mass is 180 g/mol. The van der Waals surface area contributed by atoms with Crippen LogP contribution in [0.3, 0.4) is 0 Å². The maximum absolute atomic E-state index is 4.25. The van der Waals surface area contributed by atoms with E-state index in [2.05, 4.69) is 42.8 Å². The van der Waals surface area contributed by atoms with Crippen molar-refractivity contribution < 1.29 is 4.74 Å². The fourth-order valence-corrected chi connectivity index (χ4v) is 1.25. The van der Waals surface area contributed by atoms with Crippen molar-refractivity contribution in [3.8, 4) is 0 Å². The Kier molecular flexibility index (Phi) is 7.32. The predicted molar refractivity (Wildman–Crippen MR) is 58.1 cm³/mol. The van der Waals surface area contributed by atoms with Gasteiger partial charge in [-0.1, -0.05) is 38.1 Å². The Morgan fingerprint density at radius 2 is 1.23 bits per heavy atom. The Balaban J connectivity index is 0.000000424. The summed E-state index contributed by atoms with van der Waals surface area (Å²) in [6.07, 6.45) is 2.31. The Morgan fingerprint density at radius 3 is 1.46 bits per heavy atom. The molecular formula is C12H20O. The summed E-state index contributed by atoms with van der Waals surface area (Å²) in [5.41, 5.74) is 2.98. The maximum atomic E-state index is 4.25. The molecule has 1 rings (SSSR count). The van der Waals surface area contributed by atoms with Crippen LogP contribution in [0.2, 0.25) is 0 Å². The minimum absolute atomic E-state index is 1.16. The van der Waals surface area contributed by atoms with Crippen molar-refractivity contribution in [2.75, 3.05) is 14.2 Å². The summed E-state index contributed by atoms with van der Waals surface area (Å²) < 4.78 is 4.25. The first-order chi connectivity index (χ1) is 6.29. The van der Waals surface area contributed by atoms with Crippen molar-refractivity contribution >= 4 is 0 Å². The molecule has 0 saturated carbocycles. The number of hydrogen-bond acceptors (Lipinski definition) is 1. The van der Waals surface area contributed by atoms with Crippen LogP contribution in [-0.2, 0) is 17.6 Å². The van der Waals surface area contributed by atoms with Crippen molar-refractivity contribution in [3.05, 3.63) is 35.4 Å². The molecule has 0 N–H and O–H groups in total. The Bertz CT molecular complexity index is 195. The number of hydrogen-bond donors (Lipinski definition) is 0. The van der Waals surface area contributed by atoms with E-state index in [1.54, 1.807) is 14.2 Å². The van der Waals surface area contributed by atoms with Crippen molar-refractivity contribution in [3.63, 3.8) is 0 Å². The number of aryl methyl sites for hydroxylation is 2. The van der Waals surface area contributed by atoms with E-state index < -0.39 is 0 Å². The van der Waals surface area contributed by atoms with Crippen LogP contribution in [0.1, 0.15) is 25.0 Å². The Hall–Kier alpha value is -0.820. The van der Waals surface area contributed by atoms with E-state index in [-0.39, 0.29) is 0 Å². The predicted octanol–water partition coefficient (Wildman–Crippen LogP) is 3.07.